The van der Waals surface area contributed by atoms with Gasteiger partial charge in [0.1, 0.15) is 0 Å². The van der Waals surface area contributed by atoms with Gasteiger partial charge in [0, 0.05) is 0 Å². The number of hydrogen-bond donors (Lipinski definition) is 2. The lowest BCUT2D eigenvalue weighted by molar-refractivity contribution is -0.0493. The van der Waals surface area contributed by atoms with Gasteiger partial charge in [0.2, 0.25) is 0 Å². The quantitative estimate of drug-likeness (QED) is 0.822. The molecule has 1 atom stereocenters. The monoisotopic (exact) mass is 237 g/mol. The summed E-state index contributed by atoms with van der Waals surface area (Å²) in [5.41, 5.74) is 0.287. The van der Waals surface area contributed by atoms with E-state index in [2.05, 4.69) is 5.32 Å². The fraction of sp³-hybridized carbons (Fsp3) is 0.571. The van der Waals surface area contributed by atoms with Gasteiger partial charge in [-0.3, -0.25) is 0 Å². The van der Waals surface area contributed by atoms with Crippen molar-refractivity contribution >= 4 is 0 Å². The highest BCUT2D eigenvalue weighted by Crippen LogP contribution is 2.23. The van der Waals surface area contributed by atoms with Crippen LogP contribution in [0.15, 0.2) is 30.3 Å². The molecule has 0 saturated carbocycles. The molecule has 17 heavy (non-hydrogen) atoms. The molecule has 2 N–H and O–H groups in total. The Bertz CT molecular complexity index is 326. The molecule has 96 valence electrons. The van der Waals surface area contributed by atoms with Gasteiger partial charge in [0.25, 0.3) is 0 Å². The first kappa shape index (κ1) is 14.2. The molecule has 1 aromatic carbocycles. The fourth-order valence-electron chi connectivity index (χ4n) is 1.61. The van der Waals surface area contributed by atoms with E-state index < -0.39 is 5.54 Å². The summed E-state index contributed by atoms with van der Waals surface area (Å²) in [6.07, 6.45) is 0. The van der Waals surface area contributed by atoms with Crippen LogP contribution in [-0.2, 0) is 10.3 Å². The van der Waals surface area contributed by atoms with E-state index in [0.29, 0.717) is 6.61 Å². The molecular formula is C14H23NO2. The first-order valence-electron chi connectivity index (χ1n) is 5.93. The second kappa shape index (κ2) is 5.63. The fourth-order valence-corrected chi connectivity index (χ4v) is 1.61. The second-order valence-corrected chi connectivity index (χ2v) is 5.26. The van der Waals surface area contributed by atoms with E-state index in [1.807, 2.05) is 58.2 Å². The van der Waals surface area contributed by atoms with Gasteiger partial charge in [-0.15, -0.1) is 0 Å². The van der Waals surface area contributed by atoms with Gasteiger partial charge in [0.05, 0.1) is 24.4 Å². The van der Waals surface area contributed by atoms with E-state index >= 15 is 0 Å². The molecule has 0 bridgehead atoms. The molecule has 0 saturated heterocycles. The second-order valence-electron chi connectivity index (χ2n) is 5.26. The highest BCUT2D eigenvalue weighted by molar-refractivity contribution is 5.24. The molecule has 0 aliphatic carbocycles. The number of aliphatic hydroxyl groups excluding tert-OH is 1. The van der Waals surface area contributed by atoms with Gasteiger partial charge in [-0.25, -0.2) is 0 Å². The van der Waals surface area contributed by atoms with Crippen LogP contribution in [0, 0.1) is 0 Å². The summed E-state index contributed by atoms with van der Waals surface area (Å²) in [6.45, 7) is 6.47. The maximum Gasteiger partial charge on any atom is 0.0903 e. The van der Waals surface area contributed by atoms with Gasteiger partial charge in [0.15, 0.2) is 0 Å². The molecule has 1 rings (SSSR count). The molecule has 3 heteroatoms. The lowest BCUT2D eigenvalue weighted by atomic mass is 9.91. The van der Waals surface area contributed by atoms with Crippen molar-refractivity contribution in [2.24, 2.45) is 0 Å². The van der Waals surface area contributed by atoms with E-state index in [9.17, 15) is 5.11 Å². The highest BCUT2D eigenvalue weighted by atomic mass is 16.5. The van der Waals surface area contributed by atoms with Crippen LogP contribution in [0.4, 0.5) is 0 Å². The molecule has 0 spiro atoms. The van der Waals surface area contributed by atoms with Crippen LogP contribution in [-0.4, -0.2) is 31.0 Å². The number of likely N-dealkylation sites (N-methyl/N-ethyl adjacent to an activating group) is 1. The molecule has 0 heterocycles. The Morgan fingerprint density at radius 2 is 1.76 bits per heavy atom. The third-order valence-electron chi connectivity index (χ3n) is 2.83. The number of hydrogen-bond acceptors (Lipinski definition) is 3. The number of rotatable bonds is 5. The van der Waals surface area contributed by atoms with Crippen LogP contribution in [0.1, 0.15) is 26.3 Å². The zero-order valence-electron chi connectivity index (χ0n) is 11.2. The molecule has 0 aliphatic heterocycles. The number of ether oxygens (including phenoxy) is 1. The van der Waals surface area contributed by atoms with Crippen LogP contribution in [0.5, 0.6) is 0 Å². The molecule has 0 amide bonds. The molecule has 0 fully saturated rings. The van der Waals surface area contributed by atoms with Gasteiger partial charge in [-0.1, -0.05) is 30.3 Å². The first-order valence-corrected chi connectivity index (χ1v) is 5.93. The predicted octanol–water partition coefficient (Wildman–Crippen LogP) is 1.91. The van der Waals surface area contributed by atoms with Crippen molar-refractivity contribution in [3.63, 3.8) is 0 Å². The zero-order valence-corrected chi connectivity index (χ0v) is 11.2. The van der Waals surface area contributed by atoms with Gasteiger partial charge in [-0.05, 0) is 33.4 Å². The number of aliphatic hydroxyl groups is 1. The Labute approximate surface area is 104 Å². The van der Waals surface area contributed by atoms with Crippen molar-refractivity contribution < 1.29 is 9.84 Å². The van der Waals surface area contributed by atoms with E-state index in [4.69, 9.17) is 4.74 Å². The average Bonchev–Trinajstić information content (AvgIpc) is 2.31. The molecular weight excluding hydrogens is 214 g/mol. The van der Waals surface area contributed by atoms with Crippen LogP contribution < -0.4 is 5.32 Å². The van der Waals surface area contributed by atoms with Crippen molar-refractivity contribution in [1.82, 2.24) is 5.32 Å². The standard InChI is InChI=1S/C14H23NO2/c1-13(2,3)17-11-14(10-16,15-4)12-8-6-5-7-9-12/h5-9,15-16H,10-11H2,1-4H3. The summed E-state index contributed by atoms with van der Waals surface area (Å²) in [7, 11) is 1.84. The van der Waals surface area contributed by atoms with Crippen LogP contribution in [0.2, 0.25) is 0 Å². The van der Waals surface area contributed by atoms with Crippen molar-refractivity contribution in [2.75, 3.05) is 20.3 Å². The molecule has 1 unspecified atom stereocenters. The Morgan fingerprint density at radius 3 is 2.18 bits per heavy atom. The van der Waals surface area contributed by atoms with Crippen LogP contribution >= 0.6 is 0 Å². The third kappa shape index (κ3) is 3.80. The summed E-state index contributed by atoms with van der Waals surface area (Å²) < 4.78 is 5.81. The Hall–Kier alpha value is -0.900. The summed E-state index contributed by atoms with van der Waals surface area (Å²) in [4.78, 5) is 0. The number of nitrogens with one attached hydrogen (secondary N) is 1. The lowest BCUT2D eigenvalue weighted by Gasteiger charge is -2.35. The van der Waals surface area contributed by atoms with Crippen molar-refractivity contribution in [1.29, 1.82) is 0 Å². The summed E-state index contributed by atoms with van der Waals surface area (Å²) in [6, 6.07) is 9.89. The molecule has 0 aromatic heterocycles. The summed E-state index contributed by atoms with van der Waals surface area (Å²) in [5.74, 6) is 0. The Kier molecular flexibility index (Phi) is 4.69. The highest BCUT2D eigenvalue weighted by Gasteiger charge is 2.31. The molecule has 0 aliphatic rings. The van der Waals surface area contributed by atoms with Gasteiger partial charge >= 0.3 is 0 Å². The Balaban J connectivity index is 2.90. The summed E-state index contributed by atoms with van der Waals surface area (Å²) in [5, 5.41) is 12.9. The molecule has 1 aromatic rings. The maximum atomic E-state index is 9.68. The third-order valence-corrected chi connectivity index (χ3v) is 2.83. The lowest BCUT2D eigenvalue weighted by Crippen LogP contribution is -2.49. The minimum Gasteiger partial charge on any atom is -0.394 e. The van der Waals surface area contributed by atoms with E-state index in [1.165, 1.54) is 0 Å². The predicted molar refractivity (Wildman–Crippen MR) is 70.0 cm³/mol. The van der Waals surface area contributed by atoms with E-state index in [-0.39, 0.29) is 12.2 Å². The minimum absolute atomic E-state index is 0.00356. The zero-order chi connectivity index (χ0) is 12.9. The van der Waals surface area contributed by atoms with Crippen LogP contribution in [0.25, 0.3) is 0 Å². The van der Waals surface area contributed by atoms with Gasteiger partial charge in [-0.2, -0.15) is 0 Å². The normalized spacial score (nSPS) is 15.6. The van der Waals surface area contributed by atoms with Gasteiger partial charge < -0.3 is 15.2 Å². The summed E-state index contributed by atoms with van der Waals surface area (Å²) >= 11 is 0. The maximum absolute atomic E-state index is 9.68. The average molecular weight is 237 g/mol. The minimum atomic E-state index is -0.533. The molecule has 0 radical (unpaired) electrons. The van der Waals surface area contributed by atoms with E-state index in [1.54, 1.807) is 0 Å². The van der Waals surface area contributed by atoms with Crippen molar-refractivity contribution in [3.8, 4) is 0 Å². The smallest absolute Gasteiger partial charge is 0.0903 e. The van der Waals surface area contributed by atoms with E-state index in [0.717, 1.165) is 5.56 Å². The van der Waals surface area contributed by atoms with Crippen molar-refractivity contribution in [2.45, 2.75) is 31.9 Å². The topological polar surface area (TPSA) is 41.5 Å². The van der Waals surface area contributed by atoms with Crippen molar-refractivity contribution in [3.05, 3.63) is 35.9 Å². The Morgan fingerprint density at radius 1 is 1.18 bits per heavy atom. The largest absolute Gasteiger partial charge is 0.394 e. The first-order chi connectivity index (χ1) is 7.93. The molecule has 3 nitrogen and oxygen atoms in total. The van der Waals surface area contributed by atoms with Crippen LogP contribution in [0.3, 0.4) is 0 Å². The number of benzene rings is 1. The SMILES string of the molecule is CNC(CO)(COC(C)(C)C)c1ccccc1.